The zero-order valence-corrected chi connectivity index (χ0v) is 11.2. The highest BCUT2D eigenvalue weighted by atomic mass is 31.2. The molecular formula is C10H22NO5P. The van der Waals surface area contributed by atoms with Gasteiger partial charge in [-0.2, -0.15) is 0 Å². The smallest absolute Gasteiger partial charge is 0.352 e. The Bertz CT molecular complexity index is 266. The summed E-state index contributed by atoms with van der Waals surface area (Å²) < 4.78 is 8.88. The minimum atomic E-state index is -4.64. The summed E-state index contributed by atoms with van der Waals surface area (Å²) in [5.41, 5.74) is 0.588. The first kappa shape index (κ1) is 18.7. The average Bonchev–Trinajstić information content (AvgIpc) is 2.14. The van der Waals surface area contributed by atoms with E-state index in [0.29, 0.717) is 5.57 Å². The fourth-order valence-corrected chi connectivity index (χ4v) is 0.905. The monoisotopic (exact) mass is 267 g/mol. The van der Waals surface area contributed by atoms with Crippen molar-refractivity contribution in [3.05, 3.63) is 12.2 Å². The van der Waals surface area contributed by atoms with E-state index in [1.165, 1.54) is 19.3 Å². The van der Waals surface area contributed by atoms with Crippen LogP contribution in [0.2, 0.25) is 0 Å². The number of hydrogen-bond acceptors (Lipinski definition) is 2. The third kappa shape index (κ3) is 25.5. The van der Waals surface area contributed by atoms with Crippen molar-refractivity contribution in [1.29, 1.82) is 0 Å². The molecule has 0 aromatic carbocycles. The van der Waals surface area contributed by atoms with Crippen molar-refractivity contribution in [2.45, 2.75) is 39.5 Å². The van der Waals surface area contributed by atoms with Crippen molar-refractivity contribution < 1.29 is 24.0 Å². The molecule has 0 aliphatic rings. The van der Waals surface area contributed by atoms with Crippen molar-refractivity contribution >= 4 is 13.7 Å². The average molecular weight is 267 g/mol. The molecule has 0 atom stereocenters. The number of nitrogens with one attached hydrogen (secondary N) is 1. The van der Waals surface area contributed by atoms with E-state index in [-0.39, 0.29) is 5.91 Å². The Kier molecular flexibility index (Phi) is 11.5. The molecule has 102 valence electrons. The minimum absolute atomic E-state index is 0.0218. The lowest BCUT2D eigenvalue weighted by Gasteiger charge is -2.03. The van der Waals surface area contributed by atoms with Crippen LogP contribution in [-0.2, 0) is 9.36 Å². The number of rotatable bonds is 6. The van der Waals surface area contributed by atoms with Crippen LogP contribution < -0.4 is 5.32 Å². The molecular weight excluding hydrogens is 245 g/mol. The second-order valence-corrected chi connectivity index (χ2v) is 4.64. The van der Waals surface area contributed by atoms with E-state index in [2.05, 4.69) is 18.8 Å². The van der Waals surface area contributed by atoms with Crippen molar-refractivity contribution in [2.24, 2.45) is 0 Å². The van der Waals surface area contributed by atoms with Crippen molar-refractivity contribution in [3.8, 4) is 0 Å². The Balaban J connectivity index is 0. The van der Waals surface area contributed by atoms with Gasteiger partial charge in [0, 0.05) is 12.1 Å². The van der Waals surface area contributed by atoms with Crippen molar-refractivity contribution in [2.75, 3.05) is 6.54 Å². The Labute approximate surface area is 102 Å². The summed E-state index contributed by atoms with van der Waals surface area (Å²) >= 11 is 0. The summed E-state index contributed by atoms with van der Waals surface area (Å²) in [6.07, 6.45) is 4.76. The SMILES string of the molecule is C=C(C)C(=O)NCCCCCC.O=P(O)(O)O. The molecule has 1 amide bonds. The van der Waals surface area contributed by atoms with Crippen LogP contribution in [0.25, 0.3) is 0 Å². The third-order valence-corrected chi connectivity index (χ3v) is 1.70. The Morgan fingerprint density at radius 2 is 1.71 bits per heavy atom. The van der Waals surface area contributed by atoms with E-state index >= 15 is 0 Å². The lowest BCUT2D eigenvalue weighted by molar-refractivity contribution is -0.117. The van der Waals surface area contributed by atoms with Gasteiger partial charge in [0.25, 0.3) is 0 Å². The molecule has 6 nitrogen and oxygen atoms in total. The van der Waals surface area contributed by atoms with Gasteiger partial charge in [0.1, 0.15) is 0 Å². The fourth-order valence-electron chi connectivity index (χ4n) is 0.905. The quantitative estimate of drug-likeness (QED) is 0.330. The molecule has 0 fully saturated rings. The summed E-state index contributed by atoms with van der Waals surface area (Å²) in [6, 6.07) is 0. The van der Waals surface area contributed by atoms with Crippen LogP contribution in [0.5, 0.6) is 0 Å². The van der Waals surface area contributed by atoms with Gasteiger partial charge in [-0.25, -0.2) is 4.57 Å². The summed E-state index contributed by atoms with van der Waals surface area (Å²) in [7, 11) is -4.64. The molecule has 0 heterocycles. The standard InChI is InChI=1S/C10H19NO.H3O4P/c1-4-5-6-7-8-11-10(12)9(2)3;1-5(2,3)4/h2,4-8H2,1,3H3,(H,11,12);(H3,1,2,3,4). The van der Waals surface area contributed by atoms with Gasteiger partial charge in [0.05, 0.1) is 0 Å². The number of carbonyl (C=O) groups excluding carboxylic acids is 1. The molecule has 0 aliphatic heterocycles. The van der Waals surface area contributed by atoms with Gasteiger partial charge in [-0.15, -0.1) is 0 Å². The van der Waals surface area contributed by atoms with E-state index in [1.54, 1.807) is 6.92 Å². The Morgan fingerprint density at radius 3 is 2.06 bits per heavy atom. The van der Waals surface area contributed by atoms with Crippen LogP contribution >= 0.6 is 7.82 Å². The highest BCUT2D eigenvalue weighted by Crippen LogP contribution is 2.25. The van der Waals surface area contributed by atoms with Crippen LogP contribution in [-0.4, -0.2) is 27.1 Å². The summed E-state index contributed by atoms with van der Waals surface area (Å²) in [5, 5.41) is 2.80. The highest BCUT2D eigenvalue weighted by Gasteiger charge is 2.00. The van der Waals surface area contributed by atoms with Crippen LogP contribution in [0.4, 0.5) is 0 Å². The normalized spacial score (nSPS) is 10.2. The molecule has 0 spiro atoms. The number of phosphoric acid groups is 1. The zero-order chi connectivity index (χ0) is 13.9. The van der Waals surface area contributed by atoms with Gasteiger partial charge >= 0.3 is 7.82 Å². The first-order chi connectivity index (χ1) is 7.68. The van der Waals surface area contributed by atoms with Gasteiger partial charge in [0.2, 0.25) is 5.91 Å². The Hall–Kier alpha value is -0.680. The maximum absolute atomic E-state index is 11.0. The summed E-state index contributed by atoms with van der Waals surface area (Å²) in [5.74, 6) is -0.0218. The van der Waals surface area contributed by atoms with Gasteiger partial charge < -0.3 is 20.0 Å². The molecule has 17 heavy (non-hydrogen) atoms. The van der Waals surface area contributed by atoms with Gasteiger partial charge in [-0.1, -0.05) is 32.8 Å². The molecule has 0 unspecified atom stereocenters. The third-order valence-electron chi connectivity index (χ3n) is 1.70. The van der Waals surface area contributed by atoms with Gasteiger partial charge in [-0.05, 0) is 13.3 Å². The van der Waals surface area contributed by atoms with Gasteiger partial charge in [-0.3, -0.25) is 4.79 Å². The first-order valence-corrected chi connectivity index (χ1v) is 6.97. The lowest BCUT2D eigenvalue weighted by Crippen LogP contribution is -2.24. The Morgan fingerprint density at radius 1 is 1.24 bits per heavy atom. The van der Waals surface area contributed by atoms with Crippen LogP contribution in [0.3, 0.4) is 0 Å². The largest absolute Gasteiger partial charge is 0.466 e. The van der Waals surface area contributed by atoms with Gasteiger partial charge in [0.15, 0.2) is 0 Å². The van der Waals surface area contributed by atoms with E-state index in [9.17, 15) is 4.79 Å². The minimum Gasteiger partial charge on any atom is -0.352 e. The van der Waals surface area contributed by atoms with E-state index < -0.39 is 7.82 Å². The maximum Gasteiger partial charge on any atom is 0.466 e. The van der Waals surface area contributed by atoms with E-state index in [4.69, 9.17) is 19.2 Å². The van der Waals surface area contributed by atoms with Crippen LogP contribution in [0.15, 0.2) is 12.2 Å². The molecule has 0 saturated heterocycles. The van der Waals surface area contributed by atoms with Crippen molar-refractivity contribution in [1.82, 2.24) is 5.32 Å². The van der Waals surface area contributed by atoms with Crippen LogP contribution in [0, 0.1) is 0 Å². The molecule has 0 bridgehead atoms. The molecule has 0 aliphatic carbocycles. The molecule has 7 heteroatoms. The molecule has 0 aromatic rings. The summed E-state index contributed by atoms with van der Waals surface area (Å²) in [4.78, 5) is 32.5. The van der Waals surface area contributed by atoms with Crippen molar-refractivity contribution in [3.63, 3.8) is 0 Å². The topological polar surface area (TPSA) is 107 Å². The predicted molar refractivity (Wildman–Crippen MR) is 66.2 cm³/mol. The molecule has 0 rings (SSSR count). The number of carbonyl (C=O) groups is 1. The van der Waals surface area contributed by atoms with E-state index in [1.807, 2.05) is 0 Å². The van der Waals surface area contributed by atoms with Crippen LogP contribution in [0.1, 0.15) is 39.5 Å². The number of hydrogen-bond donors (Lipinski definition) is 4. The summed E-state index contributed by atoms with van der Waals surface area (Å²) in [6.45, 7) is 8.24. The zero-order valence-electron chi connectivity index (χ0n) is 10.3. The van der Waals surface area contributed by atoms with E-state index in [0.717, 1.165) is 13.0 Å². The molecule has 0 radical (unpaired) electrons. The fraction of sp³-hybridized carbons (Fsp3) is 0.700. The second kappa shape index (κ2) is 10.5. The second-order valence-electron chi connectivity index (χ2n) is 3.61. The number of unbranched alkanes of at least 4 members (excludes halogenated alkanes) is 3. The lowest BCUT2D eigenvalue weighted by atomic mass is 10.2. The maximum atomic E-state index is 11.0. The molecule has 4 N–H and O–H groups in total. The molecule has 0 aromatic heterocycles. The molecule has 0 saturated carbocycles. The first-order valence-electron chi connectivity index (χ1n) is 5.40. The highest BCUT2D eigenvalue weighted by molar-refractivity contribution is 7.45. The predicted octanol–water partition coefficient (Wildman–Crippen LogP) is 1.33. The number of amides is 1.